The van der Waals surface area contributed by atoms with E-state index in [1.165, 1.54) is 0 Å². The number of nitrogens with one attached hydrogen (secondary N) is 2. The monoisotopic (exact) mass is 299 g/mol. The quantitative estimate of drug-likeness (QED) is 0.746. The van der Waals surface area contributed by atoms with Crippen molar-refractivity contribution in [1.29, 1.82) is 0 Å². The molecule has 0 spiro atoms. The molecule has 0 unspecified atom stereocenters. The fourth-order valence-electron chi connectivity index (χ4n) is 1.45. The molecule has 104 valence electrons. The second kappa shape index (κ2) is 6.21. The van der Waals surface area contributed by atoms with E-state index in [-0.39, 0.29) is 18.0 Å². The van der Waals surface area contributed by atoms with Crippen LogP contribution in [0.5, 0.6) is 0 Å². The van der Waals surface area contributed by atoms with E-state index in [0.717, 1.165) is 0 Å². The summed E-state index contributed by atoms with van der Waals surface area (Å²) in [5.74, 6) is -0.0954. The van der Waals surface area contributed by atoms with Crippen molar-refractivity contribution in [2.75, 3.05) is 11.9 Å². The van der Waals surface area contributed by atoms with Gasteiger partial charge >= 0.3 is 0 Å². The van der Waals surface area contributed by atoms with Gasteiger partial charge in [0.05, 0.1) is 17.3 Å². The van der Waals surface area contributed by atoms with Crippen molar-refractivity contribution < 1.29 is 4.79 Å². The number of thiocarbonyl (C=S) groups is 1. The van der Waals surface area contributed by atoms with Crippen molar-refractivity contribution in [3.8, 4) is 0 Å². The summed E-state index contributed by atoms with van der Waals surface area (Å²) in [5.41, 5.74) is 6.63. The van der Waals surface area contributed by atoms with Crippen LogP contribution in [0.4, 0.5) is 5.69 Å². The van der Waals surface area contributed by atoms with E-state index in [0.29, 0.717) is 21.3 Å². The van der Waals surface area contributed by atoms with E-state index < -0.39 is 0 Å². The highest BCUT2D eigenvalue weighted by Crippen LogP contribution is 2.22. The minimum atomic E-state index is -0.252. The standard InChI is InChI=1S/C13H18ClN3OS/c1-13(2,3)17-11(18)7-16-10-5-4-8(12(15)19)6-9(10)14/h4-6,16H,7H2,1-3H3,(H2,15,19)(H,17,18). The summed E-state index contributed by atoms with van der Waals surface area (Å²) in [6.07, 6.45) is 0. The van der Waals surface area contributed by atoms with Crippen LogP contribution in [0.15, 0.2) is 18.2 Å². The topological polar surface area (TPSA) is 67.2 Å². The van der Waals surface area contributed by atoms with Gasteiger partial charge in [-0.1, -0.05) is 23.8 Å². The lowest BCUT2D eigenvalue weighted by Gasteiger charge is -2.21. The average Bonchev–Trinajstić information content (AvgIpc) is 2.24. The molecule has 1 aromatic rings. The number of anilines is 1. The maximum atomic E-state index is 11.7. The molecular formula is C13H18ClN3OS. The fourth-order valence-corrected chi connectivity index (χ4v) is 1.82. The Balaban J connectivity index is 2.64. The molecule has 0 radical (unpaired) electrons. The zero-order valence-corrected chi connectivity index (χ0v) is 12.8. The lowest BCUT2D eigenvalue weighted by Crippen LogP contribution is -2.43. The maximum Gasteiger partial charge on any atom is 0.239 e. The zero-order valence-electron chi connectivity index (χ0n) is 11.2. The van der Waals surface area contributed by atoms with Crippen LogP contribution in [0.25, 0.3) is 0 Å². The highest BCUT2D eigenvalue weighted by molar-refractivity contribution is 7.80. The molecule has 0 saturated heterocycles. The number of hydrogen-bond acceptors (Lipinski definition) is 3. The first-order chi connectivity index (χ1) is 8.69. The van der Waals surface area contributed by atoms with Crippen molar-refractivity contribution in [3.05, 3.63) is 28.8 Å². The van der Waals surface area contributed by atoms with Crippen LogP contribution in [0.1, 0.15) is 26.3 Å². The molecule has 0 atom stereocenters. The van der Waals surface area contributed by atoms with Gasteiger partial charge in [-0.3, -0.25) is 4.79 Å². The largest absolute Gasteiger partial charge is 0.389 e. The van der Waals surface area contributed by atoms with Gasteiger partial charge in [-0.2, -0.15) is 0 Å². The molecule has 0 fully saturated rings. The van der Waals surface area contributed by atoms with Gasteiger partial charge in [0.2, 0.25) is 5.91 Å². The zero-order chi connectivity index (χ0) is 14.6. The van der Waals surface area contributed by atoms with Crippen LogP contribution in [0, 0.1) is 0 Å². The molecule has 6 heteroatoms. The van der Waals surface area contributed by atoms with Crippen LogP contribution in [0.3, 0.4) is 0 Å². The first-order valence-electron chi connectivity index (χ1n) is 5.83. The third-order valence-electron chi connectivity index (χ3n) is 2.21. The molecule has 4 nitrogen and oxygen atoms in total. The van der Waals surface area contributed by atoms with Crippen LogP contribution >= 0.6 is 23.8 Å². The fraction of sp³-hybridized carbons (Fsp3) is 0.385. The van der Waals surface area contributed by atoms with Crippen molar-refractivity contribution >= 4 is 40.4 Å². The Morgan fingerprint density at radius 1 is 1.42 bits per heavy atom. The molecule has 0 aliphatic heterocycles. The Morgan fingerprint density at radius 2 is 2.05 bits per heavy atom. The van der Waals surface area contributed by atoms with E-state index >= 15 is 0 Å². The number of benzene rings is 1. The van der Waals surface area contributed by atoms with E-state index in [1.54, 1.807) is 18.2 Å². The maximum absolute atomic E-state index is 11.7. The van der Waals surface area contributed by atoms with Gasteiger partial charge in [0.25, 0.3) is 0 Å². The molecule has 0 bridgehead atoms. The SMILES string of the molecule is CC(C)(C)NC(=O)CNc1ccc(C(N)=S)cc1Cl. The van der Waals surface area contributed by atoms with Gasteiger partial charge in [-0.05, 0) is 39.0 Å². The lowest BCUT2D eigenvalue weighted by atomic mass is 10.1. The highest BCUT2D eigenvalue weighted by atomic mass is 35.5. The van der Waals surface area contributed by atoms with Crippen LogP contribution in [0.2, 0.25) is 5.02 Å². The summed E-state index contributed by atoms with van der Waals surface area (Å²) in [4.78, 5) is 12.0. The van der Waals surface area contributed by atoms with E-state index in [9.17, 15) is 4.79 Å². The third-order valence-corrected chi connectivity index (χ3v) is 2.76. The number of amides is 1. The number of halogens is 1. The number of rotatable bonds is 4. The summed E-state index contributed by atoms with van der Waals surface area (Å²) in [6, 6.07) is 5.19. The molecule has 19 heavy (non-hydrogen) atoms. The molecule has 1 aromatic carbocycles. The minimum absolute atomic E-state index is 0.0954. The first-order valence-corrected chi connectivity index (χ1v) is 6.62. The molecule has 1 amide bonds. The van der Waals surface area contributed by atoms with Gasteiger partial charge in [0, 0.05) is 11.1 Å². The molecule has 0 aliphatic rings. The van der Waals surface area contributed by atoms with E-state index in [4.69, 9.17) is 29.6 Å². The van der Waals surface area contributed by atoms with Crippen LogP contribution < -0.4 is 16.4 Å². The number of nitrogens with two attached hydrogens (primary N) is 1. The van der Waals surface area contributed by atoms with Gasteiger partial charge in [-0.25, -0.2) is 0 Å². The van der Waals surface area contributed by atoms with Crippen molar-refractivity contribution in [1.82, 2.24) is 5.32 Å². The Hall–Kier alpha value is -1.33. The molecule has 1 rings (SSSR count). The van der Waals surface area contributed by atoms with Crippen molar-refractivity contribution in [2.45, 2.75) is 26.3 Å². The molecule has 0 saturated carbocycles. The summed E-state index contributed by atoms with van der Waals surface area (Å²) >= 11 is 10.9. The Kier molecular flexibility index (Phi) is 5.14. The summed E-state index contributed by atoms with van der Waals surface area (Å²) in [7, 11) is 0. The second-order valence-electron chi connectivity index (χ2n) is 5.21. The van der Waals surface area contributed by atoms with Gasteiger partial charge < -0.3 is 16.4 Å². The first kappa shape index (κ1) is 15.7. The number of carbonyl (C=O) groups excluding carboxylic acids is 1. The number of carbonyl (C=O) groups is 1. The summed E-state index contributed by atoms with van der Waals surface area (Å²) in [5, 5.41) is 6.31. The summed E-state index contributed by atoms with van der Waals surface area (Å²) < 4.78 is 0. The Labute approximate surface area is 123 Å². The van der Waals surface area contributed by atoms with Gasteiger partial charge in [-0.15, -0.1) is 0 Å². The van der Waals surface area contributed by atoms with Crippen LogP contribution in [-0.2, 0) is 4.79 Å². The molecule has 0 aromatic heterocycles. The molecule has 0 heterocycles. The molecule has 0 aliphatic carbocycles. The molecule has 4 N–H and O–H groups in total. The third kappa shape index (κ3) is 5.44. The van der Waals surface area contributed by atoms with Crippen molar-refractivity contribution in [3.63, 3.8) is 0 Å². The van der Waals surface area contributed by atoms with E-state index in [2.05, 4.69) is 10.6 Å². The predicted molar refractivity (Wildman–Crippen MR) is 83.7 cm³/mol. The van der Waals surface area contributed by atoms with E-state index in [1.807, 2.05) is 20.8 Å². The summed E-state index contributed by atoms with van der Waals surface area (Å²) in [6.45, 7) is 5.93. The minimum Gasteiger partial charge on any atom is -0.389 e. The van der Waals surface area contributed by atoms with Gasteiger partial charge in [0.15, 0.2) is 0 Å². The lowest BCUT2D eigenvalue weighted by molar-refractivity contribution is -0.120. The number of hydrogen-bond donors (Lipinski definition) is 3. The second-order valence-corrected chi connectivity index (χ2v) is 6.06. The predicted octanol–water partition coefficient (Wildman–Crippen LogP) is 2.30. The smallest absolute Gasteiger partial charge is 0.239 e. The van der Waals surface area contributed by atoms with Gasteiger partial charge in [0.1, 0.15) is 4.99 Å². The van der Waals surface area contributed by atoms with Crippen LogP contribution in [-0.4, -0.2) is 23.0 Å². The normalized spacial score (nSPS) is 10.9. The Bertz CT molecular complexity index is 497. The Morgan fingerprint density at radius 3 is 2.53 bits per heavy atom. The molecular weight excluding hydrogens is 282 g/mol. The average molecular weight is 300 g/mol. The highest BCUT2D eigenvalue weighted by Gasteiger charge is 2.13. The van der Waals surface area contributed by atoms with Crippen molar-refractivity contribution in [2.24, 2.45) is 5.73 Å².